The number of nitrogens with zero attached hydrogens (tertiary/aromatic N) is 1. The fourth-order valence-electron chi connectivity index (χ4n) is 1.33. The highest BCUT2D eigenvalue weighted by Crippen LogP contribution is 2.30. The molecule has 17 heavy (non-hydrogen) atoms. The third-order valence-electron chi connectivity index (χ3n) is 1.93. The number of hydrogen-bond acceptors (Lipinski definition) is 2. The second-order valence-electron chi connectivity index (χ2n) is 3.15. The molecular formula is C10H4Cl2F3NO. The lowest BCUT2D eigenvalue weighted by molar-refractivity contribution is -0.274. The van der Waals surface area contributed by atoms with Crippen LogP contribution in [-0.2, 0) is 0 Å². The first-order chi connectivity index (χ1) is 7.85. The number of pyridine rings is 1. The minimum atomic E-state index is -4.74. The van der Waals surface area contributed by atoms with Crippen LogP contribution in [-0.4, -0.2) is 11.3 Å². The Labute approximate surface area is 104 Å². The van der Waals surface area contributed by atoms with Gasteiger partial charge in [-0.1, -0.05) is 23.2 Å². The Morgan fingerprint density at radius 1 is 1.12 bits per heavy atom. The molecule has 0 saturated heterocycles. The van der Waals surface area contributed by atoms with Gasteiger partial charge in [-0.2, -0.15) is 0 Å². The van der Waals surface area contributed by atoms with Crippen LogP contribution in [0.15, 0.2) is 24.3 Å². The lowest BCUT2D eigenvalue weighted by Crippen LogP contribution is -2.17. The summed E-state index contributed by atoms with van der Waals surface area (Å²) in [7, 11) is 0. The van der Waals surface area contributed by atoms with Crippen molar-refractivity contribution in [2.75, 3.05) is 0 Å². The van der Waals surface area contributed by atoms with E-state index in [-0.39, 0.29) is 16.4 Å². The molecule has 0 spiro atoms. The van der Waals surface area contributed by atoms with Gasteiger partial charge in [0.25, 0.3) is 0 Å². The van der Waals surface area contributed by atoms with Gasteiger partial charge < -0.3 is 4.74 Å². The zero-order valence-corrected chi connectivity index (χ0v) is 9.57. The highest BCUT2D eigenvalue weighted by molar-refractivity contribution is 6.37. The van der Waals surface area contributed by atoms with Gasteiger partial charge >= 0.3 is 6.36 Å². The zero-order valence-electron chi connectivity index (χ0n) is 8.05. The first-order valence-corrected chi connectivity index (χ1v) is 5.12. The summed E-state index contributed by atoms with van der Waals surface area (Å²) in [5.74, 6) is -0.365. The summed E-state index contributed by atoms with van der Waals surface area (Å²) in [5, 5.41) is 0.927. The average molecular weight is 282 g/mol. The Kier molecular flexibility index (Phi) is 3.05. The number of ether oxygens (including phenoxy) is 1. The summed E-state index contributed by atoms with van der Waals surface area (Å²) >= 11 is 11.5. The van der Waals surface area contributed by atoms with Crippen molar-refractivity contribution in [3.63, 3.8) is 0 Å². The Balaban J connectivity index is 2.50. The van der Waals surface area contributed by atoms with Crippen LogP contribution in [0.2, 0.25) is 10.2 Å². The van der Waals surface area contributed by atoms with E-state index in [0.717, 1.165) is 12.1 Å². The van der Waals surface area contributed by atoms with Gasteiger partial charge in [0, 0.05) is 11.5 Å². The molecular weight excluding hydrogens is 278 g/mol. The molecule has 90 valence electrons. The highest BCUT2D eigenvalue weighted by atomic mass is 35.5. The van der Waals surface area contributed by atoms with Crippen LogP contribution in [0.5, 0.6) is 5.75 Å². The van der Waals surface area contributed by atoms with E-state index in [0.29, 0.717) is 10.4 Å². The summed E-state index contributed by atoms with van der Waals surface area (Å²) < 4.78 is 39.8. The van der Waals surface area contributed by atoms with E-state index in [1.165, 1.54) is 12.1 Å². The van der Waals surface area contributed by atoms with E-state index < -0.39 is 6.36 Å². The molecule has 0 N–H and O–H groups in total. The Hall–Kier alpha value is -1.20. The Bertz CT molecular complexity index is 571. The summed E-state index contributed by atoms with van der Waals surface area (Å²) in [5.41, 5.74) is 0.240. The quantitative estimate of drug-likeness (QED) is 0.721. The first kappa shape index (κ1) is 12.3. The monoisotopic (exact) mass is 281 g/mol. The van der Waals surface area contributed by atoms with Gasteiger partial charge in [0.05, 0.1) is 10.5 Å². The second kappa shape index (κ2) is 4.23. The predicted octanol–water partition coefficient (Wildman–Crippen LogP) is 4.44. The van der Waals surface area contributed by atoms with Crippen LogP contribution in [0, 0.1) is 0 Å². The third-order valence-corrected chi connectivity index (χ3v) is 2.44. The van der Waals surface area contributed by atoms with Crippen molar-refractivity contribution in [2.45, 2.75) is 6.36 Å². The molecule has 7 heteroatoms. The van der Waals surface area contributed by atoms with Crippen molar-refractivity contribution >= 4 is 34.1 Å². The minimum Gasteiger partial charge on any atom is -0.406 e. The minimum absolute atomic E-state index is 0.103. The summed E-state index contributed by atoms with van der Waals surface area (Å²) in [4.78, 5) is 3.86. The molecule has 0 aliphatic carbocycles. The average Bonchev–Trinajstić information content (AvgIpc) is 2.13. The van der Waals surface area contributed by atoms with Crippen LogP contribution >= 0.6 is 23.2 Å². The molecule has 0 saturated carbocycles. The van der Waals surface area contributed by atoms with Gasteiger partial charge in [-0.25, -0.2) is 4.98 Å². The molecule has 0 aliphatic rings. The molecule has 0 unspecified atom stereocenters. The first-order valence-electron chi connectivity index (χ1n) is 4.37. The van der Waals surface area contributed by atoms with Crippen LogP contribution in [0.25, 0.3) is 10.9 Å². The molecule has 0 amide bonds. The lowest BCUT2D eigenvalue weighted by Gasteiger charge is -2.09. The maximum absolute atomic E-state index is 12.0. The molecule has 0 atom stereocenters. The lowest BCUT2D eigenvalue weighted by atomic mass is 10.2. The molecule has 2 nitrogen and oxygen atoms in total. The van der Waals surface area contributed by atoms with E-state index in [4.69, 9.17) is 23.2 Å². The van der Waals surface area contributed by atoms with Crippen molar-refractivity contribution < 1.29 is 17.9 Å². The summed E-state index contributed by atoms with van der Waals surface area (Å²) in [6, 6.07) is 5.09. The van der Waals surface area contributed by atoms with Gasteiger partial charge in [-0.3, -0.25) is 0 Å². The Morgan fingerprint density at radius 3 is 2.47 bits per heavy atom. The van der Waals surface area contributed by atoms with E-state index >= 15 is 0 Å². The number of hydrogen-bond donors (Lipinski definition) is 0. The summed E-state index contributed by atoms with van der Waals surface area (Å²) in [6.07, 6.45) is -4.74. The van der Waals surface area contributed by atoms with Gasteiger partial charge in [0.2, 0.25) is 0 Å². The van der Waals surface area contributed by atoms with Crippen molar-refractivity contribution in [1.82, 2.24) is 4.98 Å². The van der Waals surface area contributed by atoms with Gasteiger partial charge in [-0.15, -0.1) is 13.2 Å². The van der Waals surface area contributed by atoms with Crippen LogP contribution in [0.1, 0.15) is 0 Å². The number of fused-ring (bicyclic) bond motifs is 1. The topological polar surface area (TPSA) is 22.1 Å². The third kappa shape index (κ3) is 2.92. The highest BCUT2D eigenvalue weighted by Gasteiger charge is 2.31. The van der Waals surface area contributed by atoms with Crippen molar-refractivity contribution in [3.05, 3.63) is 34.4 Å². The van der Waals surface area contributed by atoms with Crippen molar-refractivity contribution in [2.24, 2.45) is 0 Å². The van der Waals surface area contributed by atoms with Crippen molar-refractivity contribution in [3.8, 4) is 5.75 Å². The molecule has 1 aromatic heterocycles. The fourth-order valence-corrected chi connectivity index (χ4v) is 1.85. The maximum Gasteiger partial charge on any atom is 0.573 e. The van der Waals surface area contributed by atoms with E-state index in [2.05, 4.69) is 9.72 Å². The predicted molar refractivity (Wildman–Crippen MR) is 58.4 cm³/mol. The maximum atomic E-state index is 12.0. The second-order valence-corrected chi connectivity index (χ2v) is 3.95. The largest absolute Gasteiger partial charge is 0.573 e. The van der Waals surface area contributed by atoms with E-state index in [9.17, 15) is 13.2 Å². The van der Waals surface area contributed by atoms with Gasteiger partial charge in [0.15, 0.2) is 0 Å². The molecule has 1 heterocycles. The molecule has 0 radical (unpaired) electrons. The van der Waals surface area contributed by atoms with Gasteiger partial charge in [0.1, 0.15) is 10.9 Å². The van der Waals surface area contributed by atoms with Crippen LogP contribution in [0.4, 0.5) is 13.2 Å². The number of halogens is 5. The van der Waals surface area contributed by atoms with Crippen LogP contribution in [0.3, 0.4) is 0 Å². The van der Waals surface area contributed by atoms with E-state index in [1.54, 1.807) is 0 Å². The standard InChI is InChI=1S/C10H4Cl2F3NO/c11-7-4-9(12)16-8-3-5(1-2-6(7)8)17-10(13,14)15/h1-4H. The number of benzene rings is 1. The van der Waals surface area contributed by atoms with Gasteiger partial charge in [-0.05, 0) is 18.2 Å². The molecule has 2 aromatic rings. The van der Waals surface area contributed by atoms with Crippen LogP contribution < -0.4 is 4.74 Å². The molecule has 0 aliphatic heterocycles. The Morgan fingerprint density at radius 2 is 1.82 bits per heavy atom. The molecule has 0 fully saturated rings. The fraction of sp³-hybridized carbons (Fsp3) is 0.100. The SMILES string of the molecule is FC(F)(F)Oc1ccc2c(Cl)cc(Cl)nc2c1. The number of aromatic nitrogens is 1. The van der Waals surface area contributed by atoms with Crippen molar-refractivity contribution in [1.29, 1.82) is 0 Å². The number of alkyl halides is 3. The normalized spacial score (nSPS) is 11.8. The molecule has 0 bridgehead atoms. The smallest absolute Gasteiger partial charge is 0.406 e. The summed E-state index contributed by atoms with van der Waals surface area (Å²) in [6.45, 7) is 0. The van der Waals surface area contributed by atoms with E-state index in [1.807, 2.05) is 0 Å². The molecule has 1 aromatic carbocycles. The number of rotatable bonds is 1. The molecule has 2 rings (SSSR count). The zero-order chi connectivity index (χ0) is 12.6.